The summed E-state index contributed by atoms with van der Waals surface area (Å²) in [6, 6.07) is 10.5. The Morgan fingerprint density at radius 1 is 1.07 bits per heavy atom. The SMILES string of the molecule is CC(CN1CCN(C)CC1)Nc1ccc2nnc(-c3ccccc3F)n2n1. The second-order valence-electron chi connectivity index (χ2n) is 7.14. The van der Waals surface area contributed by atoms with Gasteiger partial charge in [0.25, 0.3) is 0 Å². The quantitative estimate of drug-likeness (QED) is 0.742. The van der Waals surface area contributed by atoms with Crippen LogP contribution in [-0.2, 0) is 0 Å². The average Bonchev–Trinajstić information content (AvgIpc) is 3.07. The van der Waals surface area contributed by atoms with Crippen molar-refractivity contribution < 1.29 is 4.39 Å². The number of nitrogens with one attached hydrogen (secondary N) is 1. The first-order chi connectivity index (χ1) is 13.1. The fourth-order valence-corrected chi connectivity index (χ4v) is 3.39. The zero-order chi connectivity index (χ0) is 18.8. The van der Waals surface area contributed by atoms with Crippen LogP contribution in [-0.4, -0.2) is 75.4 Å². The van der Waals surface area contributed by atoms with Crippen LogP contribution in [0.1, 0.15) is 6.92 Å². The molecule has 1 aliphatic heterocycles. The molecular weight excluding hydrogens is 345 g/mol. The van der Waals surface area contributed by atoms with Crippen LogP contribution in [0, 0.1) is 5.82 Å². The second kappa shape index (κ2) is 7.58. The summed E-state index contributed by atoms with van der Waals surface area (Å²) in [7, 11) is 2.16. The Bertz CT molecular complexity index is 917. The van der Waals surface area contributed by atoms with E-state index >= 15 is 0 Å². The molecule has 0 aliphatic carbocycles. The molecule has 3 aromatic rings. The molecule has 142 valence electrons. The first kappa shape index (κ1) is 17.8. The molecule has 0 radical (unpaired) electrons. The van der Waals surface area contributed by atoms with Gasteiger partial charge in [0.2, 0.25) is 0 Å². The number of nitrogens with zero attached hydrogens (tertiary/aromatic N) is 6. The maximum atomic E-state index is 14.1. The monoisotopic (exact) mass is 369 g/mol. The fraction of sp³-hybridized carbons (Fsp3) is 0.421. The molecule has 0 amide bonds. The highest BCUT2D eigenvalue weighted by atomic mass is 19.1. The second-order valence-corrected chi connectivity index (χ2v) is 7.14. The summed E-state index contributed by atoms with van der Waals surface area (Å²) in [5.74, 6) is 0.787. The Morgan fingerprint density at radius 3 is 2.63 bits per heavy atom. The lowest BCUT2D eigenvalue weighted by molar-refractivity contribution is 0.151. The number of fused-ring (bicyclic) bond motifs is 1. The van der Waals surface area contributed by atoms with E-state index in [1.807, 2.05) is 12.1 Å². The number of rotatable bonds is 5. The summed E-state index contributed by atoms with van der Waals surface area (Å²) in [6.45, 7) is 7.47. The third-order valence-electron chi connectivity index (χ3n) is 4.90. The standard InChI is InChI=1S/C19H24FN7/c1-14(13-26-11-9-25(2)10-12-26)21-17-7-8-18-22-23-19(27(18)24-17)15-5-3-4-6-16(15)20/h3-8,14H,9-13H2,1-2H3,(H,21,24). The lowest BCUT2D eigenvalue weighted by Crippen LogP contribution is -2.47. The summed E-state index contributed by atoms with van der Waals surface area (Å²) in [6.07, 6.45) is 0. The molecule has 3 heterocycles. The van der Waals surface area contributed by atoms with E-state index in [9.17, 15) is 4.39 Å². The van der Waals surface area contributed by atoms with Gasteiger partial charge in [-0.15, -0.1) is 15.3 Å². The Hall–Kier alpha value is -2.58. The minimum Gasteiger partial charge on any atom is -0.365 e. The van der Waals surface area contributed by atoms with Gasteiger partial charge in [0, 0.05) is 38.8 Å². The molecule has 0 saturated carbocycles. The number of aromatic nitrogens is 4. The van der Waals surface area contributed by atoms with Crippen molar-refractivity contribution in [3.63, 3.8) is 0 Å². The van der Waals surface area contributed by atoms with Crippen molar-refractivity contribution in [2.24, 2.45) is 0 Å². The van der Waals surface area contributed by atoms with E-state index in [-0.39, 0.29) is 11.9 Å². The van der Waals surface area contributed by atoms with Gasteiger partial charge in [-0.3, -0.25) is 4.90 Å². The van der Waals surface area contributed by atoms with Gasteiger partial charge in [-0.2, -0.15) is 4.52 Å². The number of halogens is 1. The third-order valence-corrected chi connectivity index (χ3v) is 4.90. The highest BCUT2D eigenvalue weighted by molar-refractivity contribution is 5.60. The topological polar surface area (TPSA) is 61.6 Å². The van der Waals surface area contributed by atoms with Crippen LogP contribution in [0.4, 0.5) is 10.2 Å². The Labute approximate surface area is 157 Å². The first-order valence-corrected chi connectivity index (χ1v) is 9.25. The summed E-state index contributed by atoms with van der Waals surface area (Å²) < 4.78 is 15.7. The van der Waals surface area contributed by atoms with Gasteiger partial charge in [0.15, 0.2) is 11.5 Å². The number of benzene rings is 1. The van der Waals surface area contributed by atoms with Gasteiger partial charge in [0.05, 0.1) is 5.56 Å². The molecule has 1 aromatic carbocycles. The Balaban J connectivity index is 1.51. The molecule has 4 rings (SSSR count). The predicted molar refractivity (Wildman–Crippen MR) is 103 cm³/mol. The highest BCUT2D eigenvalue weighted by Gasteiger charge is 2.17. The van der Waals surface area contributed by atoms with Crippen LogP contribution in [0.2, 0.25) is 0 Å². The molecule has 0 bridgehead atoms. The normalized spacial score (nSPS) is 17.3. The average molecular weight is 369 g/mol. The summed E-state index contributed by atoms with van der Waals surface area (Å²) in [4.78, 5) is 4.81. The third kappa shape index (κ3) is 3.91. The smallest absolute Gasteiger partial charge is 0.188 e. The molecule has 7 nitrogen and oxygen atoms in total. The zero-order valence-electron chi connectivity index (χ0n) is 15.6. The van der Waals surface area contributed by atoms with Gasteiger partial charge in [0.1, 0.15) is 11.6 Å². The van der Waals surface area contributed by atoms with Crippen molar-refractivity contribution in [1.29, 1.82) is 0 Å². The zero-order valence-corrected chi connectivity index (χ0v) is 15.6. The van der Waals surface area contributed by atoms with Gasteiger partial charge < -0.3 is 10.2 Å². The predicted octanol–water partition coefficient (Wildman–Crippen LogP) is 1.98. The summed E-state index contributed by atoms with van der Waals surface area (Å²) in [5.41, 5.74) is 0.977. The number of piperazine rings is 1. The Kier molecular flexibility index (Phi) is 5.00. The number of likely N-dealkylation sites (N-methyl/N-ethyl adjacent to an activating group) is 1. The molecule has 8 heteroatoms. The molecular formula is C19H24FN7. The number of hydrogen-bond acceptors (Lipinski definition) is 6. The lowest BCUT2D eigenvalue weighted by Gasteiger charge is -2.34. The van der Waals surface area contributed by atoms with Crippen molar-refractivity contribution in [2.75, 3.05) is 45.1 Å². The molecule has 1 aliphatic rings. The van der Waals surface area contributed by atoms with Crippen molar-refractivity contribution in [1.82, 2.24) is 29.6 Å². The van der Waals surface area contributed by atoms with Crippen LogP contribution in [0.25, 0.3) is 17.0 Å². The number of anilines is 1. The minimum absolute atomic E-state index is 0.242. The van der Waals surface area contributed by atoms with Crippen molar-refractivity contribution >= 4 is 11.5 Å². The van der Waals surface area contributed by atoms with Crippen LogP contribution < -0.4 is 5.32 Å². The maximum Gasteiger partial charge on any atom is 0.188 e. The molecule has 1 atom stereocenters. The van der Waals surface area contributed by atoms with Gasteiger partial charge >= 0.3 is 0 Å². The molecule has 1 N–H and O–H groups in total. The Morgan fingerprint density at radius 2 is 1.85 bits per heavy atom. The van der Waals surface area contributed by atoms with E-state index in [0.29, 0.717) is 17.0 Å². The molecule has 1 unspecified atom stereocenters. The van der Waals surface area contributed by atoms with E-state index in [2.05, 4.69) is 44.4 Å². The lowest BCUT2D eigenvalue weighted by atomic mass is 10.2. The highest BCUT2D eigenvalue weighted by Crippen LogP contribution is 2.21. The largest absolute Gasteiger partial charge is 0.365 e. The van der Waals surface area contributed by atoms with Crippen molar-refractivity contribution in [2.45, 2.75) is 13.0 Å². The summed E-state index contributed by atoms with van der Waals surface area (Å²) in [5, 5.41) is 16.2. The van der Waals surface area contributed by atoms with E-state index < -0.39 is 0 Å². The molecule has 2 aromatic heterocycles. The van der Waals surface area contributed by atoms with Gasteiger partial charge in [-0.1, -0.05) is 12.1 Å². The van der Waals surface area contributed by atoms with E-state index in [1.165, 1.54) is 6.07 Å². The van der Waals surface area contributed by atoms with E-state index in [4.69, 9.17) is 0 Å². The van der Waals surface area contributed by atoms with Gasteiger partial charge in [-0.25, -0.2) is 4.39 Å². The molecule has 1 fully saturated rings. The van der Waals surface area contributed by atoms with Gasteiger partial charge in [-0.05, 0) is 38.2 Å². The van der Waals surface area contributed by atoms with Crippen LogP contribution in [0.15, 0.2) is 36.4 Å². The van der Waals surface area contributed by atoms with Crippen molar-refractivity contribution in [3.8, 4) is 11.4 Å². The maximum absolute atomic E-state index is 14.1. The van der Waals surface area contributed by atoms with Crippen LogP contribution in [0.5, 0.6) is 0 Å². The molecule has 0 spiro atoms. The molecule has 1 saturated heterocycles. The van der Waals surface area contributed by atoms with Crippen molar-refractivity contribution in [3.05, 3.63) is 42.2 Å². The van der Waals surface area contributed by atoms with Crippen LogP contribution in [0.3, 0.4) is 0 Å². The van der Waals surface area contributed by atoms with E-state index in [1.54, 1.807) is 22.7 Å². The summed E-state index contributed by atoms with van der Waals surface area (Å²) >= 11 is 0. The molecule has 27 heavy (non-hydrogen) atoms. The minimum atomic E-state index is -0.338. The first-order valence-electron chi connectivity index (χ1n) is 9.25. The number of hydrogen-bond donors (Lipinski definition) is 1. The van der Waals surface area contributed by atoms with E-state index in [0.717, 1.165) is 38.5 Å². The fourth-order valence-electron chi connectivity index (χ4n) is 3.39. The van der Waals surface area contributed by atoms with Crippen LogP contribution >= 0.6 is 0 Å².